The lowest BCUT2D eigenvalue weighted by molar-refractivity contribution is -0.404. The number of nitrogens with zero attached hydrogens (tertiary/aromatic N) is 1. The van der Waals surface area contributed by atoms with Crippen LogP contribution in [0.25, 0.3) is 0 Å². The van der Waals surface area contributed by atoms with Crippen LogP contribution in [0.4, 0.5) is 0 Å². The quantitative estimate of drug-likeness (QED) is 0.485. The zero-order chi connectivity index (χ0) is 10.4. The SMILES string of the molecule is CNC(=C[N+](=O)[O-])NCC1CCCO1. The van der Waals surface area contributed by atoms with Crippen molar-refractivity contribution in [3.8, 4) is 0 Å². The van der Waals surface area contributed by atoms with Crippen molar-refractivity contribution in [3.05, 3.63) is 22.1 Å². The lowest BCUT2D eigenvalue weighted by atomic mass is 10.2. The third kappa shape index (κ3) is 3.61. The topological polar surface area (TPSA) is 76.4 Å². The molecule has 80 valence electrons. The molecule has 0 aromatic carbocycles. The van der Waals surface area contributed by atoms with Gasteiger partial charge in [0.05, 0.1) is 11.0 Å². The predicted molar refractivity (Wildman–Crippen MR) is 51.1 cm³/mol. The third-order valence-corrected chi connectivity index (χ3v) is 2.05. The van der Waals surface area contributed by atoms with Crippen molar-refractivity contribution in [3.63, 3.8) is 0 Å². The molecule has 0 aromatic rings. The molecule has 0 amide bonds. The summed E-state index contributed by atoms with van der Waals surface area (Å²) in [5.41, 5.74) is 0. The van der Waals surface area contributed by atoms with Crippen molar-refractivity contribution >= 4 is 0 Å². The van der Waals surface area contributed by atoms with Crippen LogP contribution in [0, 0.1) is 10.1 Å². The summed E-state index contributed by atoms with van der Waals surface area (Å²) in [5.74, 6) is 0.408. The van der Waals surface area contributed by atoms with Gasteiger partial charge in [-0.2, -0.15) is 0 Å². The normalized spacial score (nSPS) is 22.1. The summed E-state index contributed by atoms with van der Waals surface area (Å²) in [6, 6.07) is 0. The van der Waals surface area contributed by atoms with Crippen LogP contribution in [-0.2, 0) is 4.74 Å². The van der Waals surface area contributed by atoms with Crippen molar-refractivity contribution in [2.24, 2.45) is 0 Å². The largest absolute Gasteiger partial charge is 0.376 e. The van der Waals surface area contributed by atoms with E-state index in [4.69, 9.17) is 4.74 Å². The van der Waals surface area contributed by atoms with Crippen LogP contribution in [0.5, 0.6) is 0 Å². The van der Waals surface area contributed by atoms with Gasteiger partial charge in [0.2, 0.25) is 0 Å². The molecule has 1 aliphatic heterocycles. The molecular formula is C8H15N3O3. The number of nitro groups is 1. The molecule has 1 unspecified atom stereocenters. The second-order valence-electron chi connectivity index (χ2n) is 3.09. The molecule has 1 fully saturated rings. The molecular weight excluding hydrogens is 186 g/mol. The summed E-state index contributed by atoms with van der Waals surface area (Å²) in [7, 11) is 1.64. The minimum atomic E-state index is -0.492. The molecule has 1 heterocycles. The van der Waals surface area contributed by atoms with E-state index < -0.39 is 4.92 Å². The number of nitrogens with one attached hydrogen (secondary N) is 2. The smallest absolute Gasteiger partial charge is 0.274 e. The summed E-state index contributed by atoms with van der Waals surface area (Å²) >= 11 is 0. The second kappa shape index (κ2) is 5.43. The van der Waals surface area contributed by atoms with Crippen LogP contribution in [0.1, 0.15) is 12.8 Å². The number of rotatable bonds is 5. The summed E-state index contributed by atoms with van der Waals surface area (Å²) < 4.78 is 5.37. The van der Waals surface area contributed by atoms with Crippen molar-refractivity contribution in [1.29, 1.82) is 0 Å². The average Bonchev–Trinajstić information content (AvgIpc) is 2.64. The van der Waals surface area contributed by atoms with Crippen molar-refractivity contribution in [2.45, 2.75) is 18.9 Å². The Bertz CT molecular complexity index is 224. The van der Waals surface area contributed by atoms with Crippen molar-refractivity contribution in [1.82, 2.24) is 10.6 Å². The maximum Gasteiger partial charge on any atom is 0.274 e. The summed E-state index contributed by atoms with van der Waals surface area (Å²) in [6.45, 7) is 1.40. The lowest BCUT2D eigenvalue weighted by Crippen LogP contribution is -2.31. The van der Waals surface area contributed by atoms with E-state index in [0.717, 1.165) is 25.6 Å². The molecule has 14 heavy (non-hydrogen) atoms. The molecule has 6 heteroatoms. The van der Waals surface area contributed by atoms with E-state index in [2.05, 4.69) is 10.6 Å². The Kier molecular flexibility index (Phi) is 4.18. The lowest BCUT2D eigenvalue weighted by Gasteiger charge is -2.12. The Morgan fingerprint density at radius 1 is 1.79 bits per heavy atom. The van der Waals surface area contributed by atoms with Crippen LogP contribution < -0.4 is 10.6 Å². The van der Waals surface area contributed by atoms with E-state index in [9.17, 15) is 10.1 Å². The van der Waals surface area contributed by atoms with Crippen LogP contribution in [-0.4, -0.2) is 31.2 Å². The van der Waals surface area contributed by atoms with E-state index in [1.165, 1.54) is 0 Å². The van der Waals surface area contributed by atoms with Gasteiger partial charge in [-0.3, -0.25) is 10.1 Å². The van der Waals surface area contributed by atoms with E-state index in [0.29, 0.717) is 12.4 Å². The van der Waals surface area contributed by atoms with Crippen LogP contribution in [0.3, 0.4) is 0 Å². The molecule has 1 saturated heterocycles. The van der Waals surface area contributed by atoms with Crippen LogP contribution in [0.2, 0.25) is 0 Å². The summed E-state index contributed by atoms with van der Waals surface area (Å²) in [6.07, 6.45) is 3.18. The van der Waals surface area contributed by atoms with E-state index in [-0.39, 0.29) is 6.10 Å². The maximum absolute atomic E-state index is 10.2. The molecule has 0 radical (unpaired) electrons. The zero-order valence-corrected chi connectivity index (χ0v) is 8.16. The Balaban J connectivity index is 2.29. The molecule has 0 aromatic heterocycles. The highest BCUT2D eigenvalue weighted by Crippen LogP contribution is 2.10. The van der Waals surface area contributed by atoms with Gasteiger partial charge < -0.3 is 15.4 Å². The van der Waals surface area contributed by atoms with Gasteiger partial charge in [-0.15, -0.1) is 0 Å². The van der Waals surface area contributed by atoms with Gasteiger partial charge in [-0.05, 0) is 12.8 Å². The molecule has 0 aliphatic carbocycles. The predicted octanol–water partition coefficient (Wildman–Crippen LogP) is 0.0500. The molecule has 1 aliphatic rings. The number of ether oxygens (including phenoxy) is 1. The summed E-state index contributed by atoms with van der Waals surface area (Å²) in [4.78, 5) is 9.69. The molecule has 0 spiro atoms. The first-order chi connectivity index (χ1) is 6.72. The minimum absolute atomic E-state index is 0.179. The molecule has 1 atom stereocenters. The highest BCUT2D eigenvalue weighted by atomic mass is 16.6. The second-order valence-corrected chi connectivity index (χ2v) is 3.09. The van der Waals surface area contributed by atoms with Gasteiger partial charge in [0.25, 0.3) is 6.20 Å². The highest BCUT2D eigenvalue weighted by Gasteiger charge is 2.15. The molecule has 1 rings (SSSR count). The van der Waals surface area contributed by atoms with Crippen LogP contribution in [0.15, 0.2) is 12.0 Å². The Morgan fingerprint density at radius 2 is 2.57 bits per heavy atom. The van der Waals surface area contributed by atoms with Gasteiger partial charge in [0.1, 0.15) is 0 Å². The van der Waals surface area contributed by atoms with E-state index in [1.807, 2.05) is 0 Å². The fraction of sp³-hybridized carbons (Fsp3) is 0.750. The minimum Gasteiger partial charge on any atom is -0.376 e. The first-order valence-corrected chi connectivity index (χ1v) is 4.61. The Labute approximate surface area is 82.5 Å². The monoisotopic (exact) mass is 201 g/mol. The number of hydrogen-bond acceptors (Lipinski definition) is 5. The molecule has 0 saturated carbocycles. The molecule has 0 bridgehead atoms. The fourth-order valence-electron chi connectivity index (χ4n) is 1.33. The Morgan fingerprint density at radius 3 is 3.07 bits per heavy atom. The van der Waals surface area contributed by atoms with Crippen molar-refractivity contribution in [2.75, 3.05) is 20.2 Å². The van der Waals surface area contributed by atoms with Gasteiger partial charge in [0.15, 0.2) is 5.82 Å². The van der Waals surface area contributed by atoms with E-state index >= 15 is 0 Å². The van der Waals surface area contributed by atoms with Crippen molar-refractivity contribution < 1.29 is 9.66 Å². The number of hydrogen-bond donors (Lipinski definition) is 2. The van der Waals surface area contributed by atoms with Crippen LogP contribution >= 0.6 is 0 Å². The zero-order valence-electron chi connectivity index (χ0n) is 8.16. The average molecular weight is 201 g/mol. The molecule has 2 N–H and O–H groups in total. The highest BCUT2D eigenvalue weighted by molar-refractivity contribution is 4.91. The third-order valence-electron chi connectivity index (χ3n) is 2.05. The Hall–Kier alpha value is -1.30. The molecule has 6 nitrogen and oxygen atoms in total. The summed E-state index contributed by atoms with van der Waals surface area (Å²) in [5, 5.41) is 15.8. The first kappa shape index (κ1) is 10.8. The van der Waals surface area contributed by atoms with E-state index in [1.54, 1.807) is 7.05 Å². The fourth-order valence-corrected chi connectivity index (χ4v) is 1.33. The first-order valence-electron chi connectivity index (χ1n) is 4.61. The van der Waals surface area contributed by atoms with Gasteiger partial charge >= 0.3 is 0 Å². The maximum atomic E-state index is 10.2. The van der Waals surface area contributed by atoms with Gasteiger partial charge in [-0.25, -0.2) is 0 Å². The van der Waals surface area contributed by atoms with Gasteiger partial charge in [-0.1, -0.05) is 0 Å². The standard InChI is InChI=1S/C8H15N3O3/c1-9-8(6-11(12)13)10-5-7-3-2-4-14-7/h6-7,9-10H,2-5H2,1H3. The van der Waals surface area contributed by atoms with Gasteiger partial charge in [0, 0.05) is 20.2 Å².